The van der Waals surface area contributed by atoms with E-state index in [2.05, 4.69) is 30.5 Å². The largest absolute Gasteiger partial charge is 0.348 e. The second-order valence-corrected chi connectivity index (χ2v) is 5.32. The van der Waals surface area contributed by atoms with Crippen molar-refractivity contribution in [2.24, 2.45) is 0 Å². The van der Waals surface area contributed by atoms with E-state index >= 15 is 0 Å². The minimum absolute atomic E-state index is 0.143. The topological polar surface area (TPSA) is 99.3 Å². The summed E-state index contributed by atoms with van der Waals surface area (Å²) in [4.78, 5) is 24.0. The summed E-state index contributed by atoms with van der Waals surface area (Å²) in [6.45, 7) is 0.453. The molecule has 4 aromatic rings. The van der Waals surface area contributed by atoms with E-state index in [-0.39, 0.29) is 5.91 Å². The molecule has 3 N–H and O–H groups in total. The van der Waals surface area contributed by atoms with Crippen LogP contribution < -0.4 is 5.32 Å². The number of carbonyl (C=O) groups is 1. The van der Waals surface area contributed by atoms with Crippen LogP contribution in [-0.2, 0) is 6.54 Å². The Labute approximate surface area is 137 Å². The molecule has 0 aliphatic heterocycles. The fourth-order valence-corrected chi connectivity index (χ4v) is 2.52. The zero-order valence-electron chi connectivity index (χ0n) is 12.7. The number of nitrogens with one attached hydrogen (secondary N) is 3. The average molecular weight is 318 g/mol. The number of amides is 1. The molecule has 0 aliphatic carbocycles. The second-order valence-electron chi connectivity index (χ2n) is 5.32. The van der Waals surface area contributed by atoms with Gasteiger partial charge in [-0.2, -0.15) is 5.10 Å². The molecule has 0 unspecified atom stereocenters. The Kier molecular flexibility index (Phi) is 3.51. The minimum Gasteiger partial charge on any atom is -0.348 e. The van der Waals surface area contributed by atoms with E-state index in [0.717, 1.165) is 22.2 Å². The highest BCUT2D eigenvalue weighted by molar-refractivity contribution is 6.06. The Balaban J connectivity index is 1.57. The summed E-state index contributed by atoms with van der Waals surface area (Å²) < 4.78 is 0. The number of aromatic nitrogens is 5. The second kappa shape index (κ2) is 5.96. The van der Waals surface area contributed by atoms with Crippen molar-refractivity contribution in [3.05, 3.63) is 66.4 Å². The maximum atomic E-state index is 12.4. The molecule has 4 heterocycles. The van der Waals surface area contributed by atoms with Crippen molar-refractivity contribution in [3.63, 3.8) is 0 Å². The third kappa shape index (κ3) is 2.63. The normalized spacial score (nSPS) is 10.8. The number of carbonyl (C=O) groups excluding carboxylic acids is 1. The maximum absolute atomic E-state index is 12.4. The third-order valence-corrected chi connectivity index (χ3v) is 3.78. The quantitative estimate of drug-likeness (QED) is 0.537. The molecule has 4 aromatic heterocycles. The number of hydrogen-bond acceptors (Lipinski definition) is 4. The van der Waals surface area contributed by atoms with Gasteiger partial charge in [0.2, 0.25) is 0 Å². The highest BCUT2D eigenvalue weighted by Gasteiger charge is 2.13. The fourth-order valence-electron chi connectivity index (χ4n) is 2.52. The van der Waals surface area contributed by atoms with Gasteiger partial charge in [0, 0.05) is 42.3 Å². The van der Waals surface area contributed by atoms with Gasteiger partial charge < -0.3 is 10.3 Å². The Hall–Kier alpha value is -3.48. The first-order valence-corrected chi connectivity index (χ1v) is 7.45. The molecule has 4 rings (SSSR count). The summed E-state index contributed by atoms with van der Waals surface area (Å²) in [5, 5.41) is 10.4. The van der Waals surface area contributed by atoms with E-state index in [9.17, 15) is 4.79 Å². The molecule has 118 valence electrons. The van der Waals surface area contributed by atoms with Gasteiger partial charge in [0.05, 0.1) is 17.5 Å². The van der Waals surface area contributed by atoms with Crippen molar-refractivity contribution in [1.29, 1.82) is 0 Å². The number of aromatic amines is 2. The lowest BCUT2D eigenvalue weighted by Gasteiger charge is -2.04. The van der Waals surface area contributed by atoms with E-state index in [1.54, 1.807) is 31.0 Å². The number of H-pyrrole nitrogens is 2. The predicted octanol–water partition coefficient (Wildman–Crippen LogP) is 2.28. The zero-order valence-corrected chi connectivity index (χ0v) is 12.7. The highest BCUT2D eigenvalue weighted by atomic mass is 16.1. The van der Waals surface area contributed by atoms with Crippen LogP contribution >= 0.6 is 0 Å². The van der Waals surface area contributed by atoms with Gasteiger partial charge in [-0.3, -0.25) is 14.9 Å². The van der Waals surface area contributed by atoms with Crippen LogP contribution in [0.3, 0.4) is 0 Å². The zero-order chi connectivity index (χ0) is 16.4. The van der Waals surface area contributed by atoms with Crippen molar-refractivity contribution in [3.8, 4) is 11.3 Å². The van der Waals surface area contributed by atoms with Crippen LogP contribution in [0.5, 0.6) is 0 Å². The standard InChI is InChI=1S/C17H14N6O/c24-17(20-7-11-3-5-18-6-4-11)14-10-19-16-13(14)1-2-15(23-16)12-8-21-22-9-12/h1-6,8-10H,7H2,(H,19,23)(H,20,24)(H,21,22). The molecule has 0 radical (unpaired) electrons. The Morgan fingerprint density at radius 1 is 1.12 bits per heavy atom. The van der Waals surface area contributed by atoms with Crippen molar-refractivity contribution in [2.45, 2.75) is 6.54 Å². The van der Waals surface area contributed by atoms with E-state index < -0.39 is 0 Å². The molecule has 24 heavy (non-hydrogen) atoms. The lowest BCUT2D eigenvalue weighted by molar-refractivity contribution is 0.0952. The summed E-state index contributed by atoms with van der Waals surface area (Å²) in [5.74, 6) is -0.143. The molecule has 0 bridgehead atoms. The van der Waals surface area contributed by atoms with Crippen molar-refractivity contribution in [1.82, 2.24) is 30.5 Å². The lowest BCUT2D eigenvalue weighted by Crippen LogP contribution is -2.22. The first-order chi connectivity index (χ1) is 11.8. The average Bonchev–Trinajstić information content (AvgIpc) is 3.29. The third-order valence-electron chi connectivity index (χ3n) is 3.78. The van der Waals surface area contributed by atoms with Crippen LogP contribution in [-0.4, -0.2) is 31.1 Å². The number of hydrogen-bond donors (Lipinski definition) is 3. The number of fused-ring (bicyclic) bond motifs is 1. The monoisotopic (exact) mass is 318 g/mol. The SMILES string of the molecule is O=C(NCc1ccncc1)c1c[nH]c2nc(-c3cn[nH]c3)ccc12. The molecule has 0 atom stereocenters. The molecule has 7 heteroatoms. The molecular weight excluding hydrogens is 304 g/mol. The summed E-state index contributed by atoms with van der Waals surface area (Å²) in [7, 11) is 0. The number of pyridine rings is 2. The van der Waals surface area contributed by atoms with Crippen molar-refractivity contribution < 1.29 is 4.79 Å². The Bertz CT molecular complexity index is 975. The van der Waals surface area contributed by atoms with E-state index in [1.807, 2.05) is 24.3 Å². The van der Waals surface area contributed by atoms with E-state index in [1.165, 1.54) is 0 Å². The molecule has 0 aromatic carbocycles. The number of rotatable bonds is 4. The fraction of sp³-hybridized carbons (Fsp3) is 0.0588. The molecule has 0 saturated heterocycles. The van der Waals surface area contributed by atoms with E-state index in [0.29, 0.717) is 17.8 Å². The van der Waals surface area contributed by atoms with Crippen LogP contribution in [0, 0.1) is 0 Å². The molecule has 0 aliphatic rings. The van der Waals surface area contributed by atoms with Crippen LogP contribution in [0.25, 0.3) is 22.3 Å². The Morgan fingerprint density at radius 2 is 2.00 bits per heavy atom. The first-order valence-electron chi connectivity index (χ1n) is 7.45. The molecule has 7 nitrogen and oxygen atoms in total. The molecule has 0 fully saturated rings. The summed E-state index contributed by atoms with van der Waals surface area (Å²) in [5.41, 5.74) is 3.93. The molecule has 0 saturated carbocycles. The van der Waals surface area contributed by atoms with Gasteiger partial charge in [-0.15, -0.1) is 0 Å². The number of nitrogens with zero attached hydrogens (tertiary/aromatic N) is 3. The maximum Gasteiger partial charge on any atom is 0.253 e. The van der Waals surface area contributed by atoms with Gasteiger partial charge in [0.15, 0.2) is 0 Å². The van der Waals surface area contributed by atoms with Crippen LogP contribution in [0.1, 0.15) is 15.9 Å². The van der Waals surface area contributed by atoms with Gasteiger partial charge in [-0.25, -0.2) is 4.98 Å². The van der Waals surface area contributed by atoms with Crippen molar-refractivity contribution in [2.75, 3.05) is 0 Å². The summed E-state index contributed by atoms with van der Waals surface area (Å²) >= 11 is 0. The van der Waals surface area contributed by atoms with Gasteiger partial charge >= 0.3 is 0 Å². The summed E-state index contributed by atoms with van der Waals surface area (Å²) in [6, 6.07) is 7.51. The highest BCUT2D eigenvalue weighted by Crippen LogP contribution is 2.22. The van der Waals surface area contributed by atoms with Gasteiger partial charge in [0.25, 0.3) is 5.91 Å². The molecule has 1 amide bonds. The van der Waals surface area contributed by atoms with Crippen LogP contribution in [0.2, 0.25) is 0 Å². The smallest absolute Gasteiger partial charge is 0.253 e. The van der Waals surface area contributed by atoms with Crippen LogP contribution in [0.15, 0.2) is 55.2 Å². The van der Waals surface area contributed by atoms with Crippen molar-refractivity contribution >= 4 is 16.9 Å². The summed E-state index contributed by atoms with van der Waals surface area (Å²) in [6.07, 6.45) is 8.57. The van der Waals surface area contributed by atoms with E-state index in [4.69, 9.17) is 0 Å². The molecular formula is C17H14N6O. The van der Waals surface area contributed by atoms with Gasteiger partial charge in [0.1, 0.15) is 5.65 Å². The lowest BCUT2D eigenvalue weighted by atomic mass is 10.1. The first kappa shape index (κ1) is 14.1. The van der Waals surface area contributed by atoms with Gasteiger partial charge in [-0.1, -0.05) is 0 Å². The minimum atomic E-state index is -0.143. The van der Waals surface area contributed by atoms with Crippen LogP contribution in [0.4, 0.5) is 0 Å². The molecule has 0 spiro atoms. The Morgan fingerprint density at radius 3 is 2.79 bits per heavy atom. The van der Waals surface area contributed by atoms with Gasteiger partial charge in [-0.05, 0) is 29.8 Å². The predicted molar refractivity (Wildman–Crippen MR) is 89.1 cm³/mol.